The van der Waals surface area contributed by atoms with Crippen LogP contribution in [0.3, 0.4) is 0 Å². The second-order valence-electron chi connectivity index (χ2n) is 9.75. The first-order valence-electron chi connectivity index (χ1n) is 13.1. The van der Waals surface area contributed by atoms with Gasteiger partial charge in [0.05, 0.1) is 11.1 Å². The van der Waals surface area contributed by atoms with Crippen molar-refractivity contribution in [3.05, 3.63) is 144 Å². The molecule has 0 unspecified atom stereocenters. The molecule has 0 bridgehead atoms. The molecule has 0 atom stereocenters. The molecule has 0 heterocycles. The van der Waals surface area contributed by atoms with Gasteiger partial charge in [0, 0.05) is 39.7 Å². The number of ether oxygens (including phenoxy) is 2. The van der Waals surface area contributed by atoms with Crippen LogP contribution in [0.2, 0.25) is 0 Å². The number of rotatable bonds is 6. The highest BCUT2D eigenvalue weighted by Crippen LogP contribution is 2.37. The average molecular weight is 539 g/mol. The Bertz CT molecular complexity index is 1770. The molecule has 0 aromatic heterocycles. The van der Waals surface area contributed by atoms with Gasteiger partial charge in [-0.1, -0.05) is 72.8 Å². The Kier molecular flexibility index (Phi) is 6.80. The minimum atomic E-state index is -0.490. The molecule has 41 heavy (non-hydrogen) atoms. The molecule has 0 fully saturated rings. The van der Waals surface area contributed by atoms with E-state index in [1.165, 1.54) is 0 Å². The van der Waals surface area contributed by atoms with Crippen LogP contribution in [0.5, 0.6) is 11.5 Å². The second-order valence-corrected chi connectivity index (χ2v) is 9.75. The first kappa shape index (κ1) is 25.6. The van der Waals surface area contributed by atoms with Gasteiger partial charge in [-0.25, -0.2) is 9.59 Å². The zero-order valence-electron chi connectivity index (χ0n) is 22.0. The molecule has 0 aliphatic rings. The number of esters is 2. The maximum absolute atomic E-state index is 13.2. The van der Waals surface area contributed by atoms with Crippen LogP contribution >= 0.6 is 0 Å². The third-order valence-corrected chi connectivity index (χ3v) is 6.99. The molecule has 0 amide bonds. The van der Waals surface area contributed by atoms with Gasteiger partial charge in [-0.3, -0.25) is 0 Å². The highest BCUT2D eigenvalue weighted by molar-refractivity contribution is 5.98. The van der Waals surface area contributed by atoms with Gasteiger partial charge in [-0.15, -0.1) is 0 Å². The van der Waals surface area contributed by atoms with Crippen LogP contribution in [0.25, 0.3) is 21.5 Å². The molecule has 0 saturated carbocycles. The highest BCUT2D eigenvalue weighted by Gasteiger charge is 2.20. The summed E-state index contributed by atoms with van der Waals surface area (Å²) in [4.78, 5) is 26.4. The Morgan fingerprint density at radius 1 is 0.488 bits per heavy atom. The van der Waals surface area contributed by atoms with Crippen molar-refractivity contribution in [2.45, 2.75) is 6.42 Å². The molecule has 0 aliphatic heterocycles. The smallest absolute Gasteiger partial charge is 0.343 e. The number of carbonyl (C=O) groups excluding carboxylic acids is 2. The Morgan fingerprint density at radius 3 is 1.29 bits per heavy atom. The predicted molar refractivity (Wildman–Crippen MR) is 162 cm³/mol. The molecule has 200 valence electrons. The topological polar surface area (TPSA) is 105 Å². The van der Waals surface area contributed by atoms with Gasteiger partial charge in [0.25, 0.3) is 0 Å². The summed E-state index contributed by atoms with van der Waals surface area (Å²) in [5.41, 5.74) is 15.0. The first-order valence-corrected chi connectivity index (χ1v) is 13.1. The van der Waals surface area contributed by atoms with Crippen molar-refractivity contribution in [2.75, 3.05) is 11.5 Å². The number of carbonyl (C=O) groups is 2. The van der Waals surface area contributed by atoms with Crippen LogP contribution in [-0.4, -0.2) is 11.9 Å². The number of nitrogens with two attached hydrogens (primary N) is 2. The maximum Gasteiger partial charge on any atom is 0.343 e. The summed E-state index contributed by atoms with van der Waals surface area (Å²) in [5.74, 6) is -0.0741. The summed E-state index contributed by atoms with van der Waals surface area (Å²) in [6.45, 7) is 0. The molecular formula is C35H26N2O4. The predicted octanol–water partition coefficient (Wildman–Crippen LogP) is 7.19. The van der Waals surface area contributed by atoms with Gasteiger partial charge in [-0.2, -0.15) is 0 Å². The number of fused-ring (bicyclic) bond motifs is 2. The van der Waals surface area contributed by atoms with Crippen LogP contribution < -0.4 is 20.9 Å². The molecule has 6 nitrogen and oxygen atoms in total. The van der Waals surface area contributed by atoms with E-state index < -0.39 is 11.9 Å². The SMILES string of the molecule is Nc1ccc(C(=O)Oc2c(Cc3ccc4ccccc4c3OC(=O)c3ccc(N)cc3)ccc3ccccc23)cc1. The van der Waals surface area contributed by atoms with Crippen LogP contribution in [0.4, 0.5) is 11.4 Å². The molecule has 6 rings (SSSR count). The van der Waals surface area contributed by atoms with Crippen molar-refractivity contribution in [1.29, 1.82) is 0 Å². The van der Waals surface area contributed by atoms with Crippen LogP contribution in [0.1, 0.15) is 31.8 Å². The Morgan fingerprint density at radius 2 is 0.878 bits per heavy atom. The van der Waals surface area contributed by atoms with E-state index in [-0.39, 0.29) is 0 Å². The van der Waals surface area contributed by atoms with E-state index in [0.717, 1.165) is 32.7 Å². The van der Waals surface area contributed by atoms with Crippen molar-refractivity contribution in [3.8, 4) is 11.5 Å². The number of hydrogen-bond acceptors (Lipinski definition) is 6. The lowest BCUT2D eigenvalue weighted by Gasteiger charge is -2.17. The Hall–Kier alpha value is -5.62. The Labute approximate surface area is 236 Å². The molecule has 0 aliphatic carbocycles. The molecule has 6 heteroatoms. The fourth-order valence-corrected chi connectivity index (χ4v) is 4.84. The first-order chi connectivity index (χ1) is 20.0. The standard InChI is InChI=1S/C35H26N2O4/c36-28-17-13-24(14-18-28)34(38)40-32-26(11-9-22-5-1-3-7-30(22)32)21-27-12-10-23-6-2-4-8-31(23)33(27)41-35(39)25-15-19-29(37)20-16-25/h1-20H,21,36-37H2. The van der Waals surface area contributed by atoms with E-state index in [0.29, 0.717) is 40.4 Å². The summed E-state index contributed by atoms with van der Waals surface area (Å²) in [6.07, 6.45) is 0.352. The summed E-state index contributed by atoms with van der Waals surface area (Å²) in [7, 11) is 0. The molecule has 6 aromatic carbocycles. The molecule has 0 radical (unpaired) electrons. The lowest BCUT2D eigenvalue weighted by Crippen LogP contribution is -2.12. The fraction of sp³-hybridized carbons (Fsp3) is 0.0286. The van der Waals surface area contributed by atoms with E-state index in [2.05, 4.69) is 0 Å². The molecule has 0 spiro atoms. The van der Waals surface area contributed by atoms with E-state index in [4.69, 9.17) is 20.9 Å². The molecule has 6 aromatic rings. The number of benzene rings is 6. The lowest BCUT2D eigenvalue weighted by molar-refractivity contribution is 0.0728. The van der Waals surface area contributed by atoms with Gasteiger partial charge in [0.15, 0.2) is 0 Å². The van der Waals surface area contributed by atoms with Crippen LogP contribution in [0.15, 0.2) is 121 Å². The van der Waals surface area contributed by atoms with Crippen LogP contribution in [0, 0.1) is 0 Å². The minimum absolute atomic E-state index is 0.352. The van der Waals surface area contributed by atoms with E-state index in [1.807, 2.05) is 72.8 Å². The summed E-state index contributed by atoms with van der Waals surface area (Å²) in [6, 6.07) is 36.5. The van der Waals surface area contributed by atoms with Crippen molar-refractivity contribution in [2.24, 2.45) is 0 Å². The maximum atomic E-state index is 13.2. The summed E-state index contributed by atoms with van der Waals surface area (Å²) < 4.78 is 12.1. The van der Waals surface area contributed by atoms with Crippen LogP contribution in [-0.2, 0) is 6.42 Å². The van der Waals surface area contributed by atoms with Crippen molar-refractivity contribution < 1.29 is 19.1 Å². The van der Waals surface area contributed by atoms with Gasteiger partial charge >= 0.3 is 11.9 Å². The molecule has 0 saturated heterocycles. The van der Waals surface area contributed by atoms with Crippen molar-refractivity contribution in [1.82, 2.24) is 0 Å². The quantitative estimate of drug-likeness (QED) is 0.132. The zero-order valence-corrected chi connectivity index (χ0v) is 22.0. The van der Waals surface area contributed by atoms with Crippen molar-refractivity contribution in [3.63, 3.8) is 0 Å². The van der Waals surface area contributed by atoms with Gasteiger partial charge in [0.2, 0.25) is 0 Å². The third-order valence-electron chi connectivity index (χ3n) is 6.99. The summed E-state index contributed by atoms with van der Waals surface area (Å²) in [5, 5.41) is 3.47. The van der Waals surface area contributed by atoms with Gasteiger partial charge in [-0.05, 0) is 59.3 Å². The lowest BCUT2D eigenvalue weighted by atomic mass is 9.96. The van der Waals surface area contributed by atoms with Gasteiger partial charge < -0.3 is 20.9 Å². The van der Waals surface area contributed by atoms with E-state index >= 15 is 0 Å². The average Bonchev–Trinajstić information content (AvgIpc) is 3.00. The summed E-state index contributed by atoms with van der Waals surface area (Å²) >= 11 is 0. The number of anilines is 2. The van der Waals surface area contributed by atoms with Gasteiger partial charge in [0.1, 0.15) is 11.5 Å². The third kappa shape index (κ3) is 5.31. The van der Waals surface area contributed by atoms with E-state index in [9.17, 15) is 9.59 Å². The minimum Gasteiger partial charge on any atom is -0.422 e. The van der Waals surface area contributed by atoms with E-state index in [1.54, 1.807) is 48.5 Å². The normalized spacial score (nSPS) is 10.9. The number of nitrogen functional groups attached to an aromatic ring is 2. The second kappa shape index (κ2) is 10.9. The largest absolute Gasteiger partial charge is 0.422 e. The Balaban J connectivity index is 1.43. The molecule has 4 N–H and O–H groups in total. The fourth-order valence-electron chi connectivity index (χ4n) is 4.84. The monoisotopic (exact) mass is 538 g/mol. The highest BCUT2D eigenvalue weighted by atomic mass is 16.5. The molecular weight excluding hydrogens is 512 g/mol. The zero-order chi connectivity index (χ0) is 28.3. The number of hydrogen-bond donors (Lipinski definition) is 2. The van der Waals surface area contributed by atoms with Crippen molar-refractivity contribution >= 4 is 44.9 Å².